The largest absolute Gasteiger partial charge is 0.469 e. The third kappa shape index (κ3) is 5.69. The fourth-order valence-electron chi connectivity index (χ4n) is 4.40. The first-order valence-electron chi connectivity index (χ1n) is 9.74. The summed E-state index contributed by atoms with van der Waals surface area (Å²) in [5.41, 5.74) is 2.24. The number of carbonyl (C=O) groups excluding carboxylic acids is 2. The monoisotopic (exact) mass is 394 g/mol. The van der Waals surface area contributed by atoms with Crippen molar-refractivity contribution in [2.24, 2.45) is 11.8 Å². The number of carbonyl (C=O) groups is 2. The van der Waals surface area contributed by atoms with E-state index in [-0.39, 0.29) is 36.2 Å². The van der Waals surface area contributed by atoms with Crippen LogP contribution in [-0.2, 0) is 20.7 Å². The predicted octanol–water partition coefficient (Wildman–Crippen LogP) is 2.79. The van der Waals surface area contributed by atoms with Crippen LogP contribution in [0.15, 0.2) is 24.3 Å². The van der Waals surface area contributed by atoms with Crippen LogP contribution in [0.2, 0.25) is 0 Å². The number of aryl methyl sites for hydroxylation is 1. The lowest BCUT2D eigenvalue weighted by Gasteiger charge is -2.24. The Morgan fingerprint density at radius 2 is 2.07 bits per heavy atom. The standard InChI is InChI=1S/C21H30N2O3.ClH/c1-14-6-5-7-15(10-14)11-17(21(25)26-2)13-22-20(24)19-12-16-8-3-4-9-18(16)23-19;/h5-7,10,16-19,23H,3-4,8-9,11-13H2,1-2H3,(H,22,24);1H. The maximum absolute atomic E-state index is 12.6. The van der Waals surface area contributed by atoms with Gasteiger partial charge in [0.25, 0.3) is 0 Å². The lowest BCUT2D eigenvalue weighted by Crippen LogP contribution is -2.45. The second-order valence-electron chi connectivity index (χ2n) is 7.76. The van der Waals surface area contributed by atoms with Gasteiger partial charge < -0.3 is 15.4 Å². The highest BCUT2D eigenvalue weighted by molar-refractivity contribution is 5.85. The Balaban J connectivity index is 0.00000261. The molecule has 4 unspecified atom stereocenters. The van der Waals surface area contributed by atoms with Crippen molar-refractivity contribution >= 4 is 24.3 Å². The maximum atomic E-state index is 12.6. The smallest absolute Gasteiger partial charge is 0.310 e. The van der Waals surface area contributed by atoms with Gasteiger partial charge in [0.15, 0.2) is 0 Å². The number of nitrogens with one attached hydrogen (secondary N) is 2. The van der Waals surface area contributed by atoms with Crippen molar-refractivity contribution < 1.29 is 14.3 Å². The molecule has 0 radical (unpaired) electrons. The summed E-state index contributed by atoms with van der Waals surface area (Å²) in [6, 6.07) is 8.46. The molecule has 27 heavy (non-hydrogen) atoms. The van der Waals surface area contributed by atoms with Crippen LogP contribution in [0.1, 0.15) is 43.2 Å². The highest BCUT2D eigenvalue weighted by Crippen LogP contribution is 2.33. The molecular formula is C21H31ClN2O3. The summed E-state index contributed by atoms with van der Waals surface area (Å²) in [5.74, 6) is -0.00460. The molecular weight excluding hydrogens is 364 g/mol. The van der Waals surface area contributed by atoms with E-state index in [0.717, 1.165) is 17.5 Å². The van der Waals surface area contributed by atoms with Crippen LogP contribution in [0.5, 0.6) is 0 Å². The van der Waals surface area contributed by atoms with Gasteiger partial charge >= 0.3 is 5.97 Å². The molecule has 1 saturated heterocycles. The molecule has 0 aromatic heterocycles. The highest BCUT2D eigenvalue weighted by Gasteiger charge is 2.38. The van der Waals surface area contributed by atoms with Crippen LogP contribution in [0.3, 0.4) is 0 Å². The first kappa shape index (κ1) is 21.7. The van der Waals surface area contributed by atoms with E-state index in [9.17, 15) is 9.59 Å². The predicted molar refractivity (Wildman–Crippen MR) is 108 cm³/mol. The van der Waals surface area contributed by atoms with Crippen molar-refractivity contribution in [1.82, 2.24) is 10.6 Å². The van der Waals surface area contributed by atoms with E-state index < -0.39 is 0 Å². The zero-order chi connectivity index (χ0) is 18.5. The fourth-order valence-corrected chi connectivity index (χ4v) is 4.40. The van der Waals surface area contributed by atoms with Gasteiger partial charge in [-0.2, -0.15) is 0 Å². The van der Waals surface area contributed by atoms with E-state index in [1.807, 2.05) is 25.1 Å². The fraction of sp³-hybridized carbons (Fsp3) is 0.619. The topological polar surface area (TPSA) is 67.4 Å². The molecule has 150 valence electrons. The molecule has 6 heteroatoms. The van der Waals surface area contributed by atoms with E-state index in [1.165, 1.54) is 32.8 Å². The Morgan fingerprint density at radius 3 is 2.78 bits per heavy atom. The molecule has 1 aliphatic heterocycles. The molecule has 2 aliphatic rings. The quantitative estimate of drug-likeness (QED) is 0.728. The van der Waals surface area contributed by atoms with Gasteiger partial charge in [0.05, 0.1) is 19.1 Å². The van der Waals surface area contributed by atoms with Gasteiger partial charge in [-0.1, -0.05) is 42.7 Å². The molecule has 1 saturated carbocycles. The summed E-state index contributed by atoms with van der Waals surface area (Å²) in [5, 5.41) is 6.47. The Hall–Kier alpha value is -1.59. The minimum Gasteiger partial charge on any atom is -0.469 e. The van der Waals surface area contributed by atoms with Gasteiger partial charge in [-0.25, -0.2) is 0 Å². The van der Waals surface area contributed by atoms with Gasteiger partial charge in [-0.05, 0) is 44.1 Å². The van der Waals surface area contributed by atoms with Crippen LogP contribution in [0, 0.1) is 18.8 Å². The number of halogens is 1. The van der Waals surface area contributed by atoms with Crippen LogP contribution >= 0.6 is 12.4 Å². The Morgan fingerprint density at radius 1 is 1.30 bits per heavy atom. The van der Waals surface area contributed by atoms with Gasteiger partial charge in [-0.3, -0.25) is 9.59 Å². The van der Waals surface area contributed by atoms with Gasteiger partial charge in [-0.15, -0.1) is 12.4 Å². The number of amides is 1. The van der Waals surface area contributed by atoms with Crippen molar-refractivity contribution in [1.29, 1.82) is 0 Å². The Bertz CT molecular complexity index is 638. The summed E-state index contributed by atoms with van der Waals surface area (Å²) < 4.78 is 4.94. The molecule has 3 rings (SSSR count). The molecule has 1 aliphatic carbocycles. The van der Waals surface area contributed by atoms with Crippen molar-refractivity contribution in [2.75, 3.05) is 13.7 Å². The molecule has 1 heterocycles. The van der Waals surface area contributed by atoms with Crippen molar-refractivity contribution in [3.05, 3.63) is 35.4 Å². The second-order valence-corrected chi connectivity index (χ2v) is 7.76. The van der Waals surface area contributed by atoms with Gasteiger partial charge in [0.1, 0.15) is 0 Å². The molecule has 0 spiro atoms. The van der Waals surface area contributed by atoms with Gasteiger partial charge in [0.2, 0.25) is 5.91 Å². The van der Waals surface area contributed by atoms with E-state index in [2.05, 4.69) is 16.7 Å². The lowest BCUT2D eigenvalue weighted by molar-refractivity contribution is -0.145. The summed E-state index contributed by atoms with van der Waals surface area (Å²) in [4.78, 5) is 24.7. The summed E-state index contributed by atoms with van der Waals surface area (Å²) in [6.45, 7) is 2.34. The first-order valence-corrected chi connectivity index (χ1v) is 9.74. The zero-order valence-electron chi connectivity index (χ0n) is 16.2. The van der Waals surface area contributed by atoms with Crippen LogP contribution < -0.4 is 10.6 Å². The van der Waals surface area contributed by atoms with E-state index in [4.69, 9.17) is 4.74 Å². The summed E-state index contributed by atoms with van der Waals surface area (Å²) in [6.07, 6.45) is 6.41. The average Bonchev–Trinajstić information content (AvgIpc) is 3.08. The van der Waals surface area contributed by atoms with Crippen LogP contribution in [0.25, 0.3) is 0 Å². The highest BCUT2D eigenvalue weighted by atomic mass is 35.5. The lowest BCUT2D eigenvalue weighted by atomic mass is 9.85. The number of rotatable bonds is 6. The van der Waals surface area contributed by atoms with E-state index in [1.54, 1.807) is 0 Å². The number of benzene rings is 1. The number of fused-ring (bicyclic) bond motifs is 1. The third-order valence-corrected chi connectivity index (χ3v) is 5.80. The number of methoxy groups -OCH3 is 1. The van der Waals surface area contributed by atoms with E-state index >= 15 is 0 Å². The van der Waals surface area contributed by atoms with Gasteiger partial charge in [0, 0.05) is 12.6 Å². The molecule has 1 aromatic rings. The summed E-state index contributed by atoms with van der Waals surface area (Å²) in [7, 11) is 1.40. The SMILES string of the molecule is COC(=O)C(CNC(=O)C1CC2CCCCC2N1)Cc1cccc(C)c1.Cl. The molecule has 2 N–H and O–H groups in total. The average molecular weight is 395 g/mol. The third-order valence-electron chi connectivity index (χ3n) is 5.80. The van der Waals surface area contributed by atoms with Crippen LogP contribution in [-0.4, -0.2) is 37.6 Å². The molecule has 4 atom stereocenters. The minimum atomic E-state index is -0.366. The number of hydrogen-bond donors (Lipinski definition) is 2. The minimum absolute atomic E-state index is 0. The van der Waals surface area contributed by atoms with Crippen molar-refractivity contribution in [2.45, 2.75) is 57.5 Å². The molecule has 2 fully saturated rings. The molecule has 1 aromatic carbocycles. The van der Waals surface area contributed by atoms with Crippen LogP contribution in [0.4, 0.5) is 0 Å². The summed E-state index contributed by atoms with van der Waals surface area (Å²) >= 11 is 0. The molecule has 0 bridgehead atoms. The molecule has 5 nitrogen and oxygen atoms in total. The number of esters is 1. The zero-order valence-corrected chi connectivity index (χ0v) is 17.0. The maximum Gasteiger partial charge on any atom is 0.310 e. The molecule has 1 amide bonds. The normalized spacial score (nSPS) is 25.0. The number of ether oxygens (including phenoxy) is 1. The first-order chi connectivity index (χ1) is 12.6. The Labute approximate surface area is 168 Å². The Kier molecular flexibility index (Phi) is 8.11. The number of hydrogen-bond acceptors (Lipinski definition) is 4. The van der Waals surface area contributed by atoms with Crippen molar-refractivity contribution in [3.63, 3.8) is 0 Å². The second kappa shape index (κ2) is 10.1. The van der Waals surface area contributed by atoms with Crippen molar-refractivity contribution in [3.8, 4) is 0 Å². The van der Waals surface area contributed by atoms with E-state index in [0.29, 0.717) is 24.9 Å².